The SMILES string of the molecule is CCOC(=O)c1nc(N(CCc2ccccc2)C(=O)C2CCN(c3ncccn3)CC2)sc1C. The van der Waals surface area contributed by atoms with Crippen LogP contribution in [0.25, 0.3) is 0 Å². The molecule has 1 saturated heterocycles. The zero-order chi connectivity index (χ0) is 23.9. The number of aromatic nitrogens is 3. The van der Waals surface area contributed by atoms with Crippen molar-refractivity contribution in [1.82, 2.24) is 15.0 Å². The Morgan fingerprint density at radius 3 is 2.50 bits per heavy atom. The number of carbonyl (C=O) groups is 2. The maximum atomic E-state index is 13.7. The van der Waals surface area contributed by atoms with E-state index in [1.807, 2.05) is 25.1 Å². The summed E-state index contributed by atoms with van der Waals surface area (Å²) in [6, 6.07) is 11.9. The predicted molar refractivity (Wildman–Crippen MR) is 132 cm³/mol. The summed E-state index contributed by atoms with van der Waals surface area (Å²) in [4.78, 5) is 43.9. The molecule has 0 radical (unpaired) electrons. The molecule has 0 atom stereocenters. The van der Waals surface area contributed by atoms with E-state index in [4.69, 9.17) is 4.74 Å². The van der Waals surface area contributed by atoms with E-state index < -0.39 is 5.97 Å². The van der Waals surface area contributed by atoms with E-state index in [0.717, 1.165) is 23.5 Å². The fourth-order valence-electron chi connectivity index (χ4n) is 4.07. The number of anilines is 2. The lowest BCUT2D eigenvalue weighted by Crippen LogP contribution is -2.44. The number of amides is 1. The summed E-state index contributed by atoms with van der Waals surface area (Å²) >= 11 is 1.36. The van der Waals surface area contributed by atoms with Crippen LogP contribution in [0.15, 0.2) is 48.8 Å². The monoisotopic (exact) mass is 479 g/mol. The molecule has 0 saturated carbocycles. The first-order chi connectivity index (χ1) is 16.6. The van der Waals surface area contributed by atoms with Crippen LogP contribution in [0.2, 0.25) is 0 Å². The van der Waals surface area contributed by atoms with Crippen molar-refractivity contribution in [2.45, 2.75) is 33.1 Å². The predicted octanol–water partition coefficient (Wildman–Crippen LogP) is 3.91. The van der Waals surface area contributed by atoms with Crippen molar-refractivity contribution >= 4 is 34.3 Å². The average molecular weight is 480 g/mol. The van der Waals surface area contributed by atoms with Gasteiger partial charge in [-0.15, -0.1) is 11.3 Å². The summed E-state index contributed by atoms with van der Waals surface area (Å²) in [6.07, 6.45) is 5.60. The van der Waals surface area contributed by atoms with Crippen molar-refractivity contribution in [3.05, 3.63) is 64.9 Å². The number of carbonyl (C=O) groups excluding carboxylic acids is 2. The zero-order valence-corrected chi connectivity index (χ0v) is 20.3. The molecule has 8 nitrogen and oxygen atoms in total. The van der Waals surface area contributed by atoms with E-state index in [2.05, 4.69) is 32.0 Å². The summed E-state index contributed by atoms with van der Waals surface area (Å²) in [5.74, 6) is 0.179. The third kappa shape index (κ3) is 5.59. The number of aryl methyl sites for hydroxylation is 1. The van der Waals surface area contributed by atoms with Gasteiger partial charge in [-0.1, -0.05) is 30.3 Å². The second-order valence-corrected chi connectivity index (χ2v) is 9.34. The summed E-state index contributed by atoms with van der Waals surface area (Å²) in [7, 11) is 0. The molecule has 1 aliphatic heterocycles. The number of ether oxygens (including phenoxy) is 1. The Morgan fingerprint density at radius 1 is 1.12 bits per heavy atom. The largest absolute Gasteiger partial charge is 0.461 e. The number of hydrogen-bond acceptors (Lipinski definition) is 8. The molecule has 1 amide bonds. The first kappa shape index (κ1) is 23.8. The van der Waals surface area contributed by atoms with Gasteiger partial charge < -0.3 is 9.64 Å². The molecule has 1 aromatic carbocycles. The smallest absolute Gasteiger partial charge is 0.358 e. The summed E-state index contributed by atoms with van der Waals surface area (Å²) in [5, 5.41) is 0.551. The minimum atomic E-state index is -0.450. The fourth-order valence-corrected chi connectivity index (χ4v) is 5.00. The maximum absolute atomic E-state index is 13.7. The number of hydrogen-bond donors (Lipinski definition) is 0. The van der Waals surface area contributed by atoms with Gasteiger partial charge in [-0.05, 0) is 44.7 Å². The molecule has 0 spiro atoms. The fraction of sp³-hybridized carbons (Fsp3) is 0.400. The van der Waals surface area contributed by atoms with Gasteiger partial charge in [0, 0.05) is 42.8 Å². The minimum absolute atomic E-state index is 0.0497. The van der Waals surface area contributed by atoms with Gasteiger partial charge >= 0.3 is 5.97 Å². The summed E-state index contributed by atoms with van der Waals surface area (Å²) in [5.41, 5.74) is 1.44. The maximum Gasteiger partial charge on any atom is 0.358 e. The Bertz CT molecular complexity index is 1100. The Hall–Kier alpha value is -3.33. The lowest BCUT2D eigenvalue weighted by atomic mass is 9.95. The lowest BCUT2D eigenvalue weighted by Gasteiger charge is -2.33. The van der Waals surface area contributed by atoms with Gasteiger partial charge in [-0.2, -0.15) is 0 Å². The van der Waals surface area contributed by atoms with E-state index in [-0.39, 0.29) is 24.1 Å². The van der Waals surface area contributed by atoms with E-state index in [0.29, 0.717) is 36.9 Å². The molecule has 0 bridgehead atoms. The average Bonchev–Trinajstić information content (AvgIpc) is 3.26. The zero-order valence-electron chi connectivity index (χ0n) is 19.5. The first-order valence-corrected chi connectivity index (χ1v) is 12.4. The normalized spacial score (nSPS) is 14.1. The van der Waals surface area contributed by atoms with Gasteiger partial charge in [-0.3, -0.25) is 9.69 Å². The van der Waals surface area contributed by atoms with E-state index >= 15 is 0 Å². The molecule has 34 heavy (non-hydrogen) atoms. The highest BCUT2D eigenvalue weighted by Gasteiger charge is 2.32. The van der Waals surface area contributed by atoms with Crippen molar-refractivity contribution < 1.29 is 14.3 Å². The summed E-state index contributed by atoms with van der Waals surface area (Å²) in [6.45, 7) is 5.83. The van der Waals surface area contributed by atoms with Crippen molar-refractivity contribution in [2.24, 2.45) is 5.92 Å². The van der Waals surface area contributed by atoms with E-state index in [1.54, 1.807) is 30.3 Å². The standard InChI is InChI=1S/C25H29N5O3S/c1-3-33-23(32)21-18(2)34-25(28-21)30(17-10-19-8-5-4-6-9-19)22(31)20-11-15-29(16-12-20)24-26-13-7-14-27-24/h4-9,13-14,20H,3,10-12,15-17H2,1-2H3. The molecular weight excluding hydrogens is 450 g/mol. The Kier molecular flexibility index (Phi) is 7.84. The summed E-state index contributed by atoms with van der Waals surface area (Å²) < 4.78 is 5.15. The van der Waals surface area contributed by atoms with E-state index in [1.165, 1.54) is 11.3 Å². The number of benzene rings is 1. The van der Waals surface area contributed by atoms with Crippen molar-refractivity contribution in [1.29, 1.82) is 0 Å². The molecule has 0 unspecified atom stereocenters. The van der Waals surface area contributed by atoms with Crippen LogP contribution in [0.4, 0.5) is 11.1 Å². The highest BCUT2D eigenvalue weighted by molar-refractivity contribution is 7.16. The molecule has 0 aliphatic carbocycles. The molecule has 9 heteroatoms. The third-order valence-corrected chi connectivity index (χ3v) is 6.89. The molecule has 2 aromatic heterocycles. The van der Waals surface area contributed by atoms with Crippen molar-refractivity contribution in [3.8, 4) is 0 Å². The van der Waals surface area contributed by atoms with E-state index in [9.17, 15) is 9.59 Å². The van der Waals surface area contributed by atoms with Crippen LogP contribution in [0.1, 0.15) is 40.7 Å². The number of thiazole rings is 1. The first-order valence-electron chi connectivity index (χ1n) is 11.6. The molecule has 3 heterocycles. The van der Waals surface area contributed by atoms with Crippen LogP contribution in [0, 0.1) is 12.8 Å². The molecule has 3 aromatic rings. The molecule has 0 N–H and O–H groups in total. The number of rotatable bonds is 8. The molecular formula is C25H29N5O3S. The molecule has 4 rings (SSSR count). The quantitative estimate of drug-likeness (QED) is 0.453. The van der Waals surface area contributed by atoms with Gasteiger partial charge in [0.1, 0.15) is 0 Å². The van der Waals surface area contributed by atoms with Crippen LogP contribution in [0.3, 0.4) is 0 Å². The molecule has 1 fully saturated rings. The number of piperidine rings is 1. The van der Waals surface area contributed by atoms with Crippen molar-refractivity contribution in [2.75, 3.05) is 36.0 Å². The number of nitrogens with zero attached hydrogens (tertiary/aromatic N) is 5. The highest BCUT2D eigenvalue weighted by Crippen LogP contribution is 2.30. The Balaban J connectivity index is 1.51. The second-order valence-electron chi connectivity index (χ2n) is 8.16. The van der Waals surface area contributed by atoms with Gasteiger partial charge in [0.25, 0.3) is 0 Å². The minimum Gasteiger partial charge on any atom is -0.461 e. The van der Waals surface area contributed by atoms with Gasteiger partial charge in [0.05, 0.1) is 6.61 Å². The van der Waals surface area contributed by atoms with Crippen LogP contribution in [0.5, 0.6) is 0 Å². The Labute approximate surface area is 203 Å². The molecule has 178 valence electrons. The van der Waals surface area contributed by atoms with Crippen LogP contribution in [-0.2, 0) is 16.0 Å². The van der Waals surface area contributed by atoms with Crippen LogP contribution in [-0.4, -0.2) is 53.1 Å². The third-order valence-electron chi connectivity index (χ3n) is 5.90. The number of esters is 1. The van der Waals surface area contributed by atoms with Gasteiger partial charge in [-0.25, -0.2) is 19.7 Å². The lowest BCUT2D eigenvalue weighted by molar-refractivity contribution is -0.123. The molecule has 1 aliphatic rings. The second kappa shape index (κ2) is 11.2. The van der Waals surface area contributed by atoms with Gasteiger partial charge in [0.2, 0.25) is 11.9 Å². The Morgan fingerprint density at radius 2 is 1.82 bits per heavy atom. The van der Waals surface area contributed by atoms with Crippen LogP contribution < -0.4 is 9.80 Å². The highest BCUT2D eigenvalue weighted by atomic mass is 32.1. The topological polar surface area (TPSA) is 88.5 Å². The van der Waals surface area contributed by atoms with Crippen LogP contribution >= 0.6 is 11.3 Å². The van der Waals surface area contributed by atoms with Crippen molar-refractivity contribution in [3.63, 3.8) is 0 Å². The van der Waals surface area contributed by atoms with Gasteiger partial charge in [0.15, 0.2) is 10.8 Å².